The highest BCUT2D eigenvalue weighted by atomic mass is 16.6. The van der Waals surface area contributed by atoms with E-state index in [0.717, 1.165) is 44.4 Å². The molecule has 0 heterocycles. The molecule has 0 aromatic heterocycles. The zero-order valence-electron chi connectivity index (χ0n) is 18.7. The molecule has 0 aliphatic heterocycles. The molecule has 4 aliphatic rings. The van der Waals surface area contributed by atoms with Crippen molar-refractivity contribution in [2.24, 2.45) is 34.5 Å². The molecule has 4 aliphatic carbocycles. The number of hydrogen-bond acceptors (Lipinski definition) is 4. The van der Waals surface area contributed by atoms with Crippen molar-refractivity contribution in [1.29, 1.82) is 0 Å². The van der Waals surface area contributed by atoms with Crippen LogP contribution >= 0.6 is 0 Å². The molecule has 0 radical (unpaired) electrons. The minimum absolute atomic E-state index is 0.000271. The van der Waals surface area contributed by atoms with Gasteiger partial charge in [0.25, 0.3) is 0 Å². The average molecular weight is 403 g/mol. The summed E-state index contributed by atoms with van der Waals surface area (Å²) in [5, 5.41) is 0. The average Bonchev–Trinajstić information content (AvgIpc) is 2.94. The quantitative estimate of drug-likeness (QED) is 0.465. The maximum absolute atomic E-state index is 11.9. The fraction of sp³-hybridized carbons (Fsp3) is 0.840. The molecular formula is C25H38O4. The summed E-state index contributed by atoms with van der Waals surface area (Å²) < 4.78 is 11.6. The molecule has 4 rings (SSSR count). The summed E-state index contributed by atoms with van der Waals surface area (Å²) in [7, 11) is 0. The van der Waals surface area contributed by atoms with Gasteiger partial charge in [0.05, 0.1) is 0 Å². The number of esters is 2. The Bertz CT molecular complexity index is 701. The minimum Gasteiger partial charge on any atom is -0.463 e. The van der Waals surface area contributed by atoms with E-state index in [9.17, 15) is 9.59 Å². The predicted molar refractivity (Wildman–Crippen MR) is 112 cm³/mol. The highest BCUT2D eigenvalue weighted by Gasteiger charge is 2.65. The van der Waals surface area contributed by atoms with E-state index in [0.29, 0.717) is 23.2 Å². The van der Waals surface area contributed by atoms with E-state index in [1.54, 1.807) is 0 Å². The lowest BCUT2D eigenvalue weighted by Crippen LogP contribution is -2.57. The summed E-state index contributed by atoms with van der Waals surface area (Å²) in [6.07, 6.45) is 12.1. The highest BCUT2D eigenvalue weighted by Crippen LogP contribution is 2.69. The lowest BCUT2D eigenvalue weighted by Gasteiger charge is -2.61. The fourth-order valence-electron chi connectivity index (χ4n) is 8.40. The minimum atomic E-state index is -0.501. The second-order valence-corrected chi connectivity index (χ2v) is 10.8. The molecule has 162 valence electrons. The Balaban J connectivity index is 1.56. The zero-order valence-corrected chi connectivity index (χ0v) is 18.7. The molecule has 4 nitrogen and oxygen atoms in total. The lowest BCUT2D eigenvalue weighted by molar-refractivity contribution is -0.179. The summed E-state index contributed by atoms with van der Waals surface area (Å²) in [6.45, 7) is 12.0. The maximum Gasteiger partial charge on any atom is 0.303 e. The van der Waals surface area contributed by atoms with Gasteiger partial charge in [-0.25, -0.2) is 0 Å². The van der Waals surface area contributed by atoms with Crippen LogP contribution < -0.4 is 0 Å². The predicted octanol–water partition coefficient (Wildman–Crippen LogP) is 5.45. The Morgan fingerprint density at radius 1 is 0.931 bits per heavy atom. The van der Waals surface area contributed by atoms with Crippen LogP contribution in [0.15, 0.2) is 12.7 Å². The monoisotopic (exact) mass is 402 g/mol. The third-order valence-electron chi connectivity index (χ3n) is 9.79. The van der Waals surface area contributed by atoms with Gasteiger partial charge in [-0.15, -0.1) is 0 Å². The van der Waals surface area contributed by atoms with Crippen LogP contribution in [0.1, 0.15) is 85.5 Å². The molecule has 0 bridgehead atoms. The number of hydrogen-bond donors (Lipinski definition) is 0. The van der Waals surface area contributed by atoms with Gasteiger partial charge in [0, 0.05) is 19.3 Å². The SMILES string of the molecule is C=C[C@]1(OC(C)=O)CC[C@@H]2[C@@H]3CC[C@H]4C[C@H](OC(C)=O)CC[C@]4(C)[C@H]3CC[C@@]21C. The number of rotatable bonds is 3. The molecule has 0 aromatic carbocycles. The van der Waals surface area contributed by atoms with Gasteiger partial charge >= 0.3 is 11.9 Å². The molecule has 4 fully saturated rings. The summed E-state index contributed by atoms with van der Waals surface area (Å²) in [5.74, 6) is 2.37. The summed E-state index contributed by atoms with van der Waals surface area (Å²) in [5.41, 5.74) is -0.152. The van der Waals surface area contributed by atoms with Crippen LogP contribution in [-0.2, 0) is 19.1 Å². The molecule has 0 saturated heterocycles. The first kappa shape index (κ1) is 20.9. The molecule has 0 spiro atoms. The first-order valence-electron chi connectivity index (χ1n) is 11.7. The lowest BCUT2D eigenvalue weighted by atomic mass is 9.44. The summed E-state index contributed by atoms with van der Waals surface area (Å²) in [4.78, 5) is 23.3. The van der Waals surface area contributed by atoms with Crippen LogP contribution in [-0.4, -0.2) is 23.6 Å². The molecule has 0 N–H and O–H groups in total. The Morgan fingerprint density at radius 3 is 2.31 bits per heavy atom. The smallest absolute Gasteiger partial charge is 0.303 e. The number of carbonyl (C=O) groups is 2. The second-order valence-electron chi connectivity index (χ2n) is 10.8. The standard InChI is InChI=1S/C25H38O4/c1-6-25(29-17(3)27)14-11-22-20-8-7-18-15-19(28-16(2)26)9-12-23(18,4)21(20)10-13-24(22,25)5/h6,18-22H,1,7-15H2,2-5H3/t18-,19+,20+,21-,22+,23-,24-,25-/m0/s1. The fourth-order valence-corrected chi connectivity index (χ4v) is 8.40. The number of ether oxygens (including phenoxy) is 2. The van der Waals surface area contributed by atoms with Gasteiger partial charge in [0.15, 0.2) is 0 Å². The van der Waals surface area contributed by atoms with Crippen molar-refractivity contribution in [3.05, 3.63) is 12.7 Å². The zero-order chi connectivity index (χ0) is 21.0. The normalized spacial score (nSPS) is 48.6. The molecule has 4 heteroatoms. The first-order valence-corrected chi connectivity index (χ1v) is 11.7. The second kappa shape index (κ2) is 7.13. The van der Waals surface area contributed by atoms with E-state index >= 15 is 0 Å². The van der Waals surface area contributed by atoms with Crippen molar-refractivity contribution >= 4 is 11.9 Å². The van der Waals surface area contributed by atoms with Gasteiger partial charge in [-0.3, -0.25) is 9.59 Å². The Labute approximate surface area is 175 Å². The topological polar surface area (TPSA) is 52.6 Å². The van der Waals surface area contributed by atoms with Crippen LogP contribution in [0, 0.1) is 34.5 Å². The third-order valence-corrected chi connectivity index (χ3v) is 9.79. The third kappa shape index (κ3) is 3.08. The van der Waals surface area contributed by atoms with E-state index < -0.39 is 5.60 Å². The summed E-state index contributed by atoms with van der Waals surface area (Å²) in [6, 6.07) is 0. The molecule has 0 aromatic rings. The van der Waals surface area contributed by atoms with Crippen LogP contribution in [0.25, 0.3) is 0 Å². The van der Waals surface area contributed by atoms with Crippen molar-refractivity contribution < 1.29 is 19.1 Å². The number of carbonyl (C=O) groups excluding carboxylic acids is 2. The van der Waals surface area contributed by atoms with Gasteiger partial charge in [-0.2, -0.15) is 0 Å². The maximum atomic E-state index is 11.9. The van der Waals surface area contributed by atoms with Crippen LogP contribution in [0.2, 0.25) is 0 Å². The van der Waals surface area contributed by atoms with E-state index in [2.05, 4.69) is 20.4 Å². The Hall–Kier alpha value is -1.32. The van der Waals surface area contributed by atoms with Crippen LogP contribution in [0.4, 0.5) is 0 Å². The summed E-state index contributed by atoms with van der Waals surface area (Å²) >= 11 is 0. The Kier molecular flexibility index (Phi) is 5.15. The van der Waals surface area contributed by atoms with Crippen LogP contribution in [0.3, 0.4) is 0 Å². The Morgan fingerprint density at radius 2 is 1.66 bits per heavy atom. The van der Waals surface area contributed by atoms with Gasteiger partial charge in [0.2, 0.25) is 0 Å². The van der Waals surface area contributed by atoms with Gasteiger partial charge < -0.3 is 9.47 Å². The largest absolute Gasteiger partial charge is 0.463 e. The number of fused-ring (bicyclic) bond motifs is 5. The molecular weight excluding hydrogens is 364 g/mol. The van der Waals surface area contributed by atoms with E-state index in [4.69, 9.17) is 9.47 Å². The van der Waals surface area contributed by atoms with Gasteiger partial charge in [0.1, 0.15) is 11.7 Å². The molecule has 8 atom stereocenters. The van der Waals surface area contributed by atoms with E-state index in [1.165, 1.54) is 33.1 Å². The molecule has 0 unspecified atom stereocenters. The van der Waals surface area contributed by atoms with E-state index in [1.807, 2.05) is 6.08 Å². The molecule has 4 saturated carbocycles. The van der Waals surface area contributed by atoms with E-state index in [-0.39, 0.29) is 23.5 Å². The molecule has 29 heavy (non-hydrogen) atoms. The highest BCUT2D eigenvalue weighted by molar-refractivity contribution is 5.67. The van der Waals surface area contributed by atoms with Crippen molar-refractivity contribution in [2.45, 2.75) is 97.2 Å². The van der Waals surface area contributed by atoms with Gasteiger partial charge in [-0.1, -0.05) is 20.4 Å². The van der Waals surface area contributed by atoms with Crippen molar-refractivity contribution in [3.63, 3.8) is 0 Å². The van der Waals surface area contributed by atoms with Gasteiger partial charge in [-0.05, 0) is 93.0 Å². The van der Waals surface area contributed by atoms with Crippen molar-refractivity contribution in [1.82, 2.24) is 0 Å². The first-order chi connectivity index (χ1) is 13.6. The van der Waals surface area contributed by atoms with Crippen molar-refractivity contribution in [3.8, 4) is 0 Å². The van der Waals surface area contributed by atoms with Crippen LogP contribution in [0.5, 0.6) is 0 Å². The van der Waals surface area contributed by atoms with Crippen molar-refractivity contribution in [2.75, 3.05) is 0 Å². The molecule has 0 amide bonds.